The molecule has 26 heavy (non-hydrogen) atoms. The zero-order chi connectivity index (χ0) is 18.5. The lowest BCUT2D eigenvalue weighted by Crippen LogP contribution is -2.39. The number of aromatic nitrogens is 1. The summed E-state index contributed by atoms with van der Waals surface area (Å²) < 4.78 is 11.5. The second kappa shape index (κ2) is 8.67. The van der Waals surface area contributed by atoms with Crippen molar-refractivity contribution in [1.82, 2.24) is 10.3 Å². The highest BCUT2D eigenvalue weighted by Gasteiger charge is 2.25. The third-order valence-corrected chi connectivity index (χ3v) is 5.19. The van der Waals surface area contributed by atoms with Gasteiger partial charge in [-0.3, -0.25) is 4.79 Å². The minimum absolute atomic E-state index is 0.0893. The molecule has 1 aliphatic carbocycles. The molecule has 3 rings (SSSR count). The van der Waals surface area contributed by atoms with Gasteiger partial charge in [-0.05, 0) is 57.6 Å². The number of rotatable bonds is 7. The number of nitrogens with zero attached hydrogens (tertiary/aromatic N) is 1. The number of nitrogens with one attached hydrogen (secondary N) is 1. The predicted molar refractivity (Wildman–Crippen MR) is 102 cm³/mol. The van der Waals surface area contributed by atoms with Gasteiger partial charge in [0.25, 0.3) is 5.91 Å². The molecule has 0 unspecified atom stereocenters. The number of furan rings is 1. The molecule has 0 aliphatic heterocycles. The highest BCUT2D eigenvalue weighted by atomic mass is 16.5. The Morgan fingerprint density at radius 2 is 2.04 bits per heavy atom. The van der Waals surface area contributed by atoms with Crippen LogP contribution in [-0.4, -0.2) is 29.6 Å². The number of hydrogen-bond donors (Lipinski definition) is 1. The first-order valence-corrected chi connectivity index (χ1v) is 9.86. The van der Waals surface area contributed by atoms with E-state index in [0.717, 1.165) is 50.0 Å². The summed E-state index contributed by atoms with van der Waals surface area (Å²) in [6.45, 7) is 6.98. The Labute approximate surface area is 155 Å². The second-order valence-electron chi connectivity index (χ2n) is 7.43. The van der Waals surface area contributed by atoms with Crippen molar-refractivity contribution in [2.24, 2.45) is 0 Å². The molecule has 2 aromatic heterocycles. The highest BCUT2D eigenvalue weighted by Crippen LogP contribution is 2.25. The lowest BCUT2D eigenvalue weighted by Gasteiger charge is -2.29. The number of pyridine rings is 1. The molecule has 1 N–H and O–H groups in total. The molecular weight excluding hydrogens is 328 g/mol. The molecule has 5 heteroatoms. The molecule has 0 bridgehead atoms. The zero-order valence-electron chi connectivity index (χ0n) is 16.1. The topological polar surface area (TPSA) is 64.4 Å². The fourth-order valence-electron chi connectivity index (χ4n) is 3.73. The van der Waals surface area contributed by atoms with Gasteiger partial charge in [-0.25, -0.2) is 4.98 Å². The summed E-state index contributed by atoms with van der Waals surface area (Å²) in [5, 5.41) is 3.15. The molecule has 0 atom stereocenters. The minimum atomic E-state index is -0.0893. The van der Waals surface area contributed by atoms with E-state index in [1.807, 2.05) is 19.9 Å². The quantitative estimate of drug-likeness (QED) is 0.729. The van der Waals surface area contributed by atoms with E-state index in [2.05, 4.69) is 17.2 Å². The van der Waals surface area contributed by atoms with Gasteiger partial charge in [0.05, 0.1) is 6.10 Å². The first-order valence-electron chi connectivity index (χ1n) is 9.86. The monoisotopic (exact) mass is 358 g/mol. The van der Waals surface area contributed by atoms with Gasteiger partial charge in [0.2, 0.25) is 0 Å². The Morgan fingerprint density at radius 1 is 1.27 bits per heavy atom. The van der Waals surface area contributed by atoms with Crippen molar-refractivity contribution < 1.29 is 13.9 Å². The average Bonchev–Trinajstić information content (AvgIpc) is 3.04. The molecule has 0 aromatic carbocycles. The molecule has 0 saturated heterocycles. The summed E-state index contributed by atoms with van der Waals surface area (Å²) in [6, 6.07) is 2.17. The molecule has 1 amide bonds. The molecule has 0 spiro atoms. The Bertz CT molecular complexity index is 745. The number of fused-ring (bicyclic) bond motifs is 1. The fraction of sp³-hybridized carbons (Fsp3) is 0.619. The Balaban J connectivity index is 1.53. The number of hydrogen-bond acceptors (Lipinski definition) is 4. The van der Waals surface area contributed by atoms with Gasteiger partial charge in [0, 0.05) is 18.3 Å². The summed E-state index contributed by atoms with van der Waals surface area (Å²) >= 11 is 0. The van der Waals surface area contributed by atoms with E-state index < -0.39 is 0 Å². The summed E-state index contributed by atoms with van der Waals surface area (Å²) in [7, 11) is 0. The van der Waals surface area contributed by atoms with Crippen molar-refractivity contribution in [3.05, 3.63) is 29.2 Å². The van der Waals surface area contributed by atoms with E-state index in [1.54, 1.807) is 0 Å². The Kier molecular flexibility index (Phi) is 6.30. The number of aryl methyl sites for hydroxylation is 2. The van der Waals surface area contributed by atoms with Crippen LogP contribution in [0, 0.1) is 13.8 Å². The number of unbranched alkanes of at least 4 members (excludes halogenated alkanes) is 2. The van der Waals surface area contributed by atoms with Crippen LogP contribution in [0.2, 0.25) is 0 Å². The first-order chi connectivity index (χ1) is 12.6. The zero-order valence-corrected chi connectivity index (χ0v) is 16.1. The maximum absolute atomic E-state index is 12.7. The molecule has 0 radical (unpaired) electrons. The SMILES string of the molecule is CCCCCOC1CCC(NC(=O)c2coc3c(C)cc(C)nc23)CC1. The van der Waals surface area contributed by atoms with Crippen LogP contribution < -0.4 is 5.32 Å². The maximum Gasteiger partial charge on any atom is 0.256 e. The molecule has 142 valence electrons. The van der Waals surface area contributed by atoms with E-state index in [1.165, 1.54) is 19.1 Å². The van der Waals surface area contributed by atoms with Crippen molar-refractivity contribution in [2.75, 3.05) is 6.61 Å². The lowest BCUT2D eigenvalue weighted by molar-refractivity contribution is 0.0205. The van der Waals surface area contributed by atoms with Gasteiger partial charge < -0.3 is 14.5 Å². The van der Waals surface area contributed by atoms with Crippen LogP contribution in [-0.2, 0) is 4.74 Å². The van der Waals surface area contributed by atoms with Crippen molar-refractivity contribution in [2.45, 2.75) is 77.9 Å². The van der Waals surface area contributed by atoms with E-state index in [9.17, 15) is 4.79 Å². The standard InChI is InChI=1S/C21H30N2O3/c1-4-5-6-11-25-17-9-7-16(8-10-17)23-21(24)18-13-26-20-14(2)12-15(3)22-19(18)20/h12-13,16-17H,4-11H2,1-3H3,(H,23,24). The maximum atomic E-state index is 12.7. The molecule has 1 aliphatic rings. The van der Waals surface area contributed by atoms with Crippen molar-refractivity contribution >= 4 is 17.0 Å². The largest absolute Gasteiger partial charge is 0.461 e. The Morgan fingerprint density at radius 3 is 2.77 bits per heavy atom. The smallest absolute Gasteiger partial charge is 0.256 e. The van der Waals surface area contributed by atoms with Gasteiger partial charge in [0.15, 0.2) is 5.58 Å². The molecule has 1 fully saturated rings. The average molecular weight is 358 g/mol. The third kappa shape index (κ3) is 4.44. The Hall–Kier alpha value is -1.88. The van der Waals surface area contributed by atoms with Crippen LogP contribution in [0.4, 0.5) is 0 Å². The normalized spacial score (nSPS) is 20.4. The van der Waals surface area contributed by atoms with Crippen LogP contribution in [0.5, 0.6) is 0 Å². The molecule has 5 nitrogen and oxygen atoms in total. The van der Waals surface area contributed by atoms with Gasteiger partial charge >= 0.3 is 0 Å². The van der Waals surface area contributed by atoms with Crippen molar-refractivity contribution in [3.8, 4) is 0 Å². The number of carbonyl (C=O) groups excluding carboxylic acids is 1. The number of carbonyl (C=O) groups is 1. The van der Waals surface area contributed by atoms with E-state index in [4.69, 9.17) is 9.15 Å². The fourth-order valence-corrected chi connectivity index (χ4v) is 3.73. The molecule has 2 aromatic rings. The predicted octanol–water partition coefficient (Wildman–Crippen LogP) is 4.69. The van der Waals surface area contributed by atoms with Crippen LogP contribution >= 0.6 is 0 Å². The molecular formula is C21H30N2O3. The summed E-state index contributed by atoms with van der Waals surface area (Å²) in [4.78, 5) is 17.2. The van der Waals surface area contributed by atoms with Crippen LogP contribution in [0.1, 0.15) is 73.5 Å². The van der Waals surface area contributed by atoms with Gasteiger partial charge in [-0.1, -0.05) is 19.8 Å². The summed E-state index contributed by atoms with van der Waals surface area (Å²) in [6.07, 6.45) is 9.43. The number of ether oxygens (including phenoxy) is 1. The van der Waals surface area contributed by atoms with Crippen LogP contribution in [0.25, 0.3) is 11.1 Å². The van der Waals surface area contributed by atoms with Gasteiger partial charge in [-0.2, -0.15) is 0 Å². The van der Waals surface area contributed by atoms with E-state index in [0.29, 0.717) is 22.8 Å². The van der Waals surface area contributed by atoms with E-state index >= 15 is 0 Å². The van der Waals surface area contributed by atoms with Gasteiger partial charge in [0.1, 0.15) is 17.3 Å². The minimum Gasteiger partial charge on any atom is -0.461 e. The highest BCUT2D eigenvalue weighted by molar-refractivity contribution is 6.05. The van der Waals surface area contributed by atoms with Crippen LogP contribution in [0.3, 0.4) is 0 Å². The first kappa shape index (κ1) is 18.9. The summed E-state index contributed by atoms with van der Waals surface area (Å²) in [5.74, 6) is -0.0893. The van der Waals surface area contributed by atoms with Crippen molar-refractivity contribution in [1.29, 1.82) is 0 Å². The third-order valence-electron chi connectivity index (χ3n) is 5.19. The molecule has 1 saturated carbocycles. The van der Waals surface area contributed by atoms with Gasteiger partial charge in [-0.15, -0.1) is 0 Å². The van der Waals surface area contributed by atoms with Crippen molar-refractivity contribution in [3.63, 3.8) is 0 Å². The van der Waals surface area contributed by atoms with Crippen LogP contribution in [0.15, 0.2) is 16.7 Å². The van der Waals surface area contributed by atoms with E-state index in [-0.39, 0.29) is 11.9 Å². The second-order valence-corrected chi connectivity index (χ2v) is 7.43. The number of amides is 1. The molecule has 2 heterocycles. The summed E-state index contributed by atoms with van der Waals surface area (Å²) in [5.41, 5.74) is 3.79. The lowest BCUT2D eigenvalue weighted by atomic mass is 9.92.